The molecule has 0 aromatic heterocycles. The van der Waals surface area contributed by atoms with Crippen LogP contribution in [0.4, 0.5) is 0 Å². The maximum atomic E-state index is 2.52. The summed E-state index contributed by atoms with van der Waals surface area (Å²) in [4.78, 5) is 0. The third-order valence-electron chi connectivity index (χ3n) is 6.46. The molecule has 4 bridgehead atoms. The average molecular weight is 220 g/mol. The summed E-state index contributed by atoms with van der Waals surface area (Å²) < 4.78 is 0. The van der Waals surface area contributed by atoms with Gasteiger partial charge in [0.05, 0.1) is 0 Å². The molecule has 0 N–H and O–H groups in total. The van der Waals surface area contributed by atoms with Crippen LogP contribution in [0.15, 0.2) is 0 Å². The van der Waals surface area contributed by atoms with Crippen molar-refractivity contribution >= 4 is 0 Å². The first-order valence-electron chi connectivity index (χ1n) is 7.46. The molecule has 0 spiro atoms. The lowest BCUT2D eigenvalue weighted by molar-refractivity contribution is -0.164. The molecule has 0 aromatic rings. The van der Waals surface area contributed by atoms with Crippen molar-refractivity contribution in [1.29, 1.82) is 0 Å². The van der Waals surface area contributed by atoms with E-state index < -0.39 is 0 Å². The molecule has 0 saturated heterocycles. The van der Waals surface area contributed by atoms with Crippen molar-refractivity contribution in [2.45, 2.75) is 66.2 Å². The molecule has 0 aliphatic heterocycles. The Morgan fingerprint density at radius 2 is 1.56 bits per heavy atom. The second-order valence-electron chi connectivity index (χ2n) is 8.03. The van der Waals surface area contributed by atoms with Gasteiger partial charge < -0.3 is 0 Å². The molecule has 92 valence electrons. The molecular weight excluding hydrogens is 192 g/mol. The lowest BCUT2D eigenvalue weighted by Gasteiger charge is -2.66. The minimum absolute atomic E-state index is 0.531. The van der Waals surface area contributed by atoms with Crippen LogP contribution in [0, 0.1) is 34.5 Å². The molecule has 4 rings (SSSR count). The van der Waals surface area contributed by atoms with Crippen LogP contribution in [0.1, 0.15) is 66.2 Å². The fourth-order valence-corrected chi connectivity index (χ4v) is 6.04. The van der Waals surface area contributed by atoms with Gasteiger partial charge in [-0.25, -0.2) is 0 Å². The molecule has 4 fully saturated rings. The maximum Gasteiger partial charge on any atom is -0.0213 e. The zero-order valence-corrected chi connectivity index (χ0v) is 11.6. The second-order valence-corrected chi connectivity index (χ2v) is 8.03. The highest BCUT2D eigenvalue weighted by Gasteiger charge is 2.60. The molecule has 4 aliphatic rings. The highest BCUT2D eigenvalue weighted by molar-refractivity contribution is 5.09. The Labute approximate surface area is 101 Å². The SMILES string of the molecule is CCC1C2C[C@@H]3C[C@H](C2)CC1(C(C)(C)C)C3. The van der Waals surface area contributed by atoms with Gasteiger partial charge in [-0.2, -0.15) is 0 Å². The van der Waals surface area contributed by atoms with Crippen molar-refractivity contribution in [3.63, 3.8) is 0 Å². The Morgan fingerprint density at radius 1 is 1.00 bits per heavy atom. The predicted molar refractivity (Wildman–Crippen MR) is 69.2 cm³/mol. The Balaban J connectivity index is 2.01. The summed E-state index contributed by atoms with van der Waals surface area (Å²) in [7, 11) is 0. The summed E-state index contributed by atoms with van der Waals surface area (Å²) in [6, 6.07) is 0. The van der Waals surface area contributed by atoms with Gasteiger partial charge >= 0.3 is 0 Å². The van der Waals surface area contributed by atoms with Crippen LogP contribution in [-0.2, 0) is 0 Å². The molecule has 0 radical (unpaired) electrons. The monoisotopic (exact) mass is 220 g/mol. The fourth-order valence-electron chi connectivity index (χ4n) is 6.04. The molecule has 3 unspecified atom stereocenters. The Morgan fingerprint density at radius 3 is 2.00 bits per heavy atom. The summed E-state index contributed by atoms with van der Waals surface area (Å²) in [5.41, 5.74) is 1.24. The summed E-state index contributed by atoms with van der Waals surface area (Å²) in [6.07, 6.45) is 9.27. The van der Waals surface area contributed by atoms with E-state index in [0.29, 0.717) is 10.8 Å². The first kappa shape index (κ1) is 11.1. The normalized spacial score (nSPS) is 51.0. The third-order valence-corrected chi connectivity index (χ3v) is 6.46. The van der Waals surface area contributed by atoms with Crippen LogP contribution < -0.4 is 0 Å². The van der Waals surface area contributed by atoms with E-state index in [2.05, 4.69) is 27.7 Å². The van der Waals surface area contributed by atoms with Crippen molar-refractivity contribution < 1.29 is 0 Å². The summed E-state index contributed by atoms with van der Waals surface area (Å²) in [6.45, 7) is 9.99. The second kappa shape index (κ2) is 3.27. The summed E-state index contributed by atoms with van der Waals surface area (Å²) >= 11 is 0. The Kier molecular flexibility index (Phi) is 2.27. The van der Waals surface area contributed by atoms with Gasteiger partial charge in [-0.15, -0.1) is 0 Å². The molecule has 5 atom stereocenters. The number of hydrogen-bond acceptors (Lipinski definition) is 0. The summed E-state index contributed by atoms with van der Waals surface area (Å²) in [5.74, 6) is 4.33. The zero-order chi connectivity index (χ0) is 11.6. The van der Waals surface area contributed by atoms with E-state index in [-0.39, 0.29) is 0 Å². The molecular formula is C16H28. The van der Waals surface area contributed by atoms with Gasteiger partial charge in [0.25, 0.3) is 0 Å². The first-order chi connectivity index (χ1) is 7.46. The first-order valence-corrected chi connectivity index (χ1v) is 7.46. The van der Waals surface area contributed by atoms with Crippen molar-refractivity contribution in [3.05, 3.63) is 0 Å². The van der Waals surface area contributed by atoms with E-state index in [0.717, 1.165) is 23.7 Å². The van der Waals surface area contributed by atoms with E-state index in [1.807, 2.05) is 0 Å². The van der Waals surface area contributed by atoms with Crippen molar-refractivity contribution in [2.24, 2.45) is 34.5 Å². The van der Waals surface area contributed by atoms with E-state index in [1.54, 1.807) is 32.1 Å². The van der Waals surface area contributed by atoms with Crippen LogP contribution in [0.3, 0.4) is 0 Å². The van der Waals surface area contributed by atoms with Crippen LogP contribution >= 0.6 is 0 Å². The minimum Gasteiger partial charge on any atom is -0.0651 e. The van der Waals surface area contributed by atoms with Gasteiger partial charge in [0.2, 0.25) is 0 Å². The van der Waals surface area contributed by atoms with Gasteiger partial charge in [-0.3, -0.25) is 0 Å². The lowest BCUT2D eigenvalue weighted by Crippen LogP contribution is -2.57. The summed E-state index contributed by atoms with van der Waals surface area (Å²) in [5, 5.41) is 0. The highest BCUT2D eigenvalue weighted by atomic mass is 14.6. The van der Waals surface area contributed by atoms with Crippen molar-refractivity contribution in [1.82, 2.24) is 0 Å². The van der Waals surface area contributed by atoms with Crippen LogP contribution in [0.5, 0.6) is 0 Å². The van der Waals surface area contributed by atoms with E-state index in [9.17, 15) is 0 Å². The van der Waals surface area contributed by atoms with Crippen LogP contribution in [-0.4, -0.2) is 0 Å². The van der Waals surface area contributed by atoms with E-state index >= 15 is 0 Å². The van der Waals surface area contributed by atoms with E-state index in [4.69, 9.17) is 0 Å². The third kappa shape index (κ3) is 1.28. The largest absolute Gasteiger partial charge is 0.0651 e. The van der Waals surface area contributed by atoms with E-state index in [1.165, 1.54) is 6.42 Å². The standard InChI is InChI=1S/C16H28/c1-5-14-13-7-11-6-12(8-13)10-16(14,9-11)15(2,3)4/h11-14H,5-10H2,1-4H3/t11-,12+,13?,14?,16?. The molecule has 0 heteroatoms. The minimum atomic E-state index is 0.531. The Hall–Kier alpha value is 0. The van der Waals surface area contributed by atoms with Crippen molar-refractivity contribution in [2.75, 3.05) is 0 Å². The maximum absolute atomic E-state index is 2.52. The topological polar surface area (TPSA) is 0 Å². The Bertz CT molecular complexity index is 269. The molecule has 4 aliphatic carbocycles. The fraction of sp³-hybridized carbons (Fsp3) is 1.00. The molecule has 0 nitrogen and oxygen atoms in total. The molecule has 0 heterocycles. The predicted octanol–water partition coefficient (Wildman–Crippen LogP) is 4.89. The number of rotatable bonds is 1. The quantitative estimate of drug-likeness (QED) is 0.590. The molecule has 16 heavy (non-hydrogen) atoms. The smallest absolute Gasteiger partial charge is 0.0213 e. The molecule has 0 aromatic carbocycles. The van der Waals surface area contributed by atoms with Gasteiger partial charge in [-0.1, -0.05) is 34.1 Å². The van der Waals surface area contributed by atoms with Crippen molar-refractivity contribution in [3.8, 4) is 0 Å². The van der Waals surface area contributed by atoms with Gasteiger partial charge in [0, 0.05) is 0 Å². The highest BCUT2D eigenvalue weighted by Crippen LogP contribution is 2.69. The van der Waals surface area contributed by atoms with Crippen LogP contribution in [0.2, 0.25) is 0 Å². The number of hydrogen-bond donors (Lipinski definition) is 0. The van der Waals surface area contributed by atoms with Gasteiger partial charge in [0.1, 0.15) is 0 Å². The molecule has 0 amide bonds. The average Bonchev–Trinajstić information content (AvgIpc) is 2.14. The van der Waals surface area contributed by atoms with Gasteiger partial charge in [0.15, 0.2) is 0 Å². The van der Waals surface area contributed by atoms with Gasteiger partial charge in [-0.05, 0) is 66.6 Å². The molecule has 4 saturated carbocycles. The lowest BCUT2D eigenvalue weighted by atomic mass is 9.39. The van der Waals surface area contributed by atoms with Crippen LogP contribution in [0.25, 0.3) is 0 Å². The zero-order valence-electron chi connectivity index (χ0n) is 11.6.